The van der Waals surface area contributed by atoms with E-state index in [0.717, 1.165) is 42.5 Å². The average Bonchev–Trinajstić information content (AvgIpc) is 3.53. The summed E-state index contributed by atoms with van der Waals surface area (Å²) in [7, 11) is 0. The van der Waals surface area contributed by atoms with Crippen molar-refractivity contribution < 1.29 is 18.0 Å². The number of likely N-dealkylation sites (tertiary alicyclic amines) is 1. The highest BCUT2D eigenvalue weighted by atomic mass is 19.1. The van der Waals surface area contributed by atoms with Gasteiger partial charge in [-0.2, -0.15) is 5.10 Å². The number of carbonyl (C=O) groups is 1. The summed E-state index contributed by atoms with van der Waals surface area (Å²) in [6.07, 6.45) is 6.30. The summed E-state index contributed by atoms with van der Waals surface area (Å²) in [4.78, 5) is 18.6. The Morgan fingerprint density at radius 1 is 1.21 bits per heavy atom. The fourth-order valence-electron chi connectivity index (χ4n) is 6.22. The number of hydrogen-bond acceptors (Lipinski definition) is 5. The lowest BCUT2D eigenvalue weighted by Crippen LogP contribution is -2.47. The molecule has 2 aliphatic carbocycles. The Morgan fingerprint density at radius 2 is 2.03 bits per heavy atom. The first-order valence-electron chi connectivity index (χ1n) is 11.2. The second-order valence-corrected chi connectivity index (χ2v) is 9.17. The molecular weight excluding hydrogens is 426 g/mol. The predicted molar refractivity (Wildman–Crippen MR) is 115 cm³/mol. The molecule has 2 aromatic heterocycles. The minimum absolute atomic E-state index is 0.0874. The van der Waals surface area contributed by atoms with E-state index in [4.69, 9.17) is 4.42 Å². The molecule has 3 aromatic rings. The van der Waals surface area contributed by atoms with Gasteiger partial charge in [0.1, 0.15) is 11.6 Å². The van der Waals surface area contributed by atoms with Gasteiger partial charge in [0.05, 0.1) is 23.1 Å². The molecule has 0 N–H and O–H groups in total. The Bertz CT molecular complexity index is 1260. The van der Waals surface area contributed by atoms with Crippen LogP contribution in [0.25, 0.3) is 11.3 Å². The number of piperidine rings is 1. The molecule has 2 bridgehead atoms. The summed E-state index contributed by atoms with van der Waals surface area (Å²) in [5, 5.41) is 8.80. The van der Waals surface area contributed by atoms with Crippen molar-refractivity contribution in [2.45, 2.75) is 37.0 Å². The van der Waals surface area contributed by atoms with E-state index < -0.39 is 11.6 Å². The first kappa shape index (κ1) is 20.2. The molecule has 168 valence electrons. The maximum absolute atomic E-state index is 14.4. The van der Waals surface area contributed by atoms with Crippen molar-refractivity contribution in [2.24, 2.45) is 5.92 Å². The van der Waals surface area contributed by atoms with Crippen LogP contribution in [0.5, 0.6) is 0 Å². The third-order valence-electron chi connectivity index (χ3n) is 7.71. The standard InChI is InChI=1S/C25H22F2N4O2/c1-14-16-7-8-25(14,15-4-3-9-31(12-15)24(32)21-11-28-13-33-21)23-17(16)10-20(29-30-23)22-18(26)5-2-6-19(22)27/h2,5-6,10-11,13,15-16H,1,3-4,7-9,12H2/t15-,16+,25-/m0/s1. The van der Waals surface area contributed by atoms with Gasteiger partial charge in [-0.15, -0.1) is 5.10 Å². The van der Waals surface area contributed by atoms with E-state index in [1.54, 1.807) is 6.07 Å². The molecule has 8 heteroatoms. The van der Waals surface area contributed by atoms with Crippen molar-refractivity contribution in [3.63, 3.8) is 0 Å². The molecule has 6 nitrogen and oxygen atoms in total. The van der Waals surface area contributed by atoms with E-state index in [0.29, 0.717) is 13.1 Å². The number of aromatic nitrogens is 3. The van der Waals surface area contributed by atoms with E-state index in [9.17, 15) is 13.6 Å². The van der Waals surface area contributed by atoms with Crippen molar-refractivity contribution in [2.75, 3.05) is 13.1 Å². The number of carbonyl (C=O) groups excluding carboxylic acids is 1. The fraction of sp³-hybridized carbons (Fsp3) is 0.360. The van der Waals surface area contributed by atoms with Gasteiger partial charge in [-0.1, -0.05) is 18.2 Å². The minimum atomic E-state index is -0.658. The summed E-state index contributed by atoms with van der Waals surface area (Å²) in [5.41, 5.74) is 2.56. The largest absolute Gasteiger partial charge is 0.438 e. The van der Waals surface area contributed by atoms with Gasteiger partial charge in [0, 0.05) is 24.4 Å². The summed E-state index contributed by atoms with van der Waals surface area (Å²) in [6, 6.07) is 5.56. The lowest BCUT2D eigenvalue weighted by molar-refractivity contribution is 0.0587. The quantitative estimate of drug-likeness (QED) is 0.546. The van der Waals surface area contributed by atoms with Crippen LogP contribution in [0.1, 0.15) is 53.4 Å². The van der Waals surface area contributed by atoms with Crippen LogP contribution in [0, 0.1) is 17.6 Å². The molecule has 2 fully saturated rings. The molecule has 6 rings (SSSR count). The van der Waals surface area contributed by atoms with Crippen LogP contribution in [0.2, 0.25) is 0 Å². The topological polar surface area (TPSA) is 72.1 Å². The van der Waals surface area contributed by atoms with E-state index >= 15 is 0 Å². The normalized spacial score (nSPS) is 26.0. The first-order chi connectivity index (χ1) is 16.0. The summed E-state index contributed by atoms with van der Waals surface area (Å²) in [6.45, 7) is 5.67. The van der Waals surface area contributed by atoms with Gasteiger partial charge in [-0.05, 0) is 55.4 Å². The zero-order valence-corrected chi connectivity index (χ0v) is 17.9. The Morgan fingerprint density at radius 3 is 2.79 bits per heavy atom. The Labute approximate surface area is 189 Å². The van der Waals surface area contributed by atoms with Crippen LogP contribution < -0.4 is 0 Å². The lowest BCUT2D eigenvalue weighted by Gasteiger charge is -2.42. The van der Waals surface area contributed by atoms with Crippen molar-refractivity contribution >= 4 is 5.91 Å². The minimum Gasteiger partial charge on any atom is -0.438 e. The average molecular weight is 448 g/mol. The number of oxazole rings is 1. The summed E-state index contributed by atoms with van der Waals surface area (Å²) >= 11 is 0. The highest BCUT2D eigenvalue weighted by Gasteiger charge is 2.58. The van der Waals surface area contributed by atoms with Gasteiger partial charge in [0.2, 0.25) is 5.76 Å². The maximum atomic E-state index is 14.4. The second kappa shape index (κ2) is 7.30. The number of benzene rings is 1. The van der Waals surface area contributed by atoms with Crippen LogP contribution in [0.15, 0.2) is 53.4 Å². The number of hydrogen-bond donors (Lipinski definition) is 0. The molecule has 1 saturated heterocycles. The molecule has 3 aliphatic rings. The monoisotopic (exact) mass is 448 g/mol. The molecule has 0 unspecified atom stereocenters. The van der Waals surface area contributed by atoms with Crippen molar-refractivity contribution in [1.82, 2.24) is 20.1 Å². The van der Waals surface area contributed by atoms with Gasteiger partial charge in [-0.25, -0.2) is 13.8 Å². The third kappa shape index (κ3) is 2.82. The molecule has 1 amide bonds. The molecule has 0 spiro atoms. The Kier molecular flexibility index (Phi) is 4.47. The number of rotatable bonds is 3. The van der Waals surface area contributed by atoms with Crippen LogP contribution >= 0.6 is 0 Å². The number of halogens is 2. The summed E-state index contributed by atoms with van der Waals surface area (Å²) in [5.74, 6) is -1.01. The van der Waals surface area contributed by atoms with E-state index in [1.807, 2.05) is 4.90 Å². The van der Waals surface area contributed by atoms with Gasteiger partial charge in [0.25, 0.3) is 5.91 Å². The predicted octanol–water partition coefficient (Wildman–Crippen LogP) is 4.65. The molecule has 1 aromatic carbocycles. The zero-order chi connectivity index (χ0) is 22.7. The van der Waals surface area contributed by atoms with Gasteiger partial charge >= 0.3 is 0 Å². The number of amides is 1. The van der Waals surface area contributed by atoms with Crippen LogP contribution in [-0.4, -0.2) is 39.1 Å². The second-order valence-electron chi connectivity index (χ2n) is 9.17. The van der Waals surface area contributed by atoms with Crippen LogP contribution in [0.4, 0.5) is 8.78 Å². The van der Waals surface area contributed by atoms with E-state index in [1.165, 1.54) is 30.8 Å². The molecule has 0 radical (unpaired) electrons. The Balaban J connectivity index is 1.37. The summed E-state index contributed by atoms with van der Waals surface area (Å²) < 4.78 is 34.0. The van der Waals surface area contributed by atoms with E-state index in [-0.39, 0.29) is 40.2 Å². The third-order valence-corrected chi connectivity index (χ3v) is 7.71. The molecule has 3 heterocycles. The smallest absolute Gasteiger partial charge is 0.291 e. The van der Waals surface area contributed by atoms with Gasteiger partial charge in [0.15, 0.2) is 6.39 Å². The molecule has 33 heavy (non-hydrogen) atoms. The number of allylic oxidation sites excluding steroid dienone is 1. The number of nitrogens with zero attached hydrogens (tertiary/aromatic N) is 4. The lowest BCUT2D eigenvalue weighted by atomic mass is 9.67. The molecule has 1 aliphatic heterocycles. The SMILES string of the molecule is C=C1[C@H]2CC[C@]1([C@H]1CCCN(C(=O)c3cnco3)C1)c1nnc(-c3c(F)cccc3F)cc12. The van der Waals surface area contributed by atoms with Crippen LogP contribution in [0.3, 0.4) is 0 Å². The zero-order valence-electron chi connectivity index (χ0n) is 17.9. The maximum Gasteiger partial charge on any atom is 0.291 e. The van der Waals surface area contributed by atoms with E-state index in [2.05, 4.69) is 21.8 Å². The van der Waals surface area contributed by atoms with Crippen molar-refractivity contribution in [3.8, 4) is 11.3 Å². The highest BCUT2D eigenvalue weighted by Crippen LogP contribution is 2.63. The first-order valence-corrected chi connectivity index (χ1v) is 11.2. The van der Waals surface area contributed by atoms with Crippen molar-refractivity contribution in [3.05, 3.63) is 77.7 Å². The van der Waals surface area contributed by atoms with Crippen LogP contribution in [-0.2, 0) is 5.41 Å². The Hall–Kier alpha value is -3.42. The molecule has 1 saturated carbocycles. The van der Waals surface area contributed by atoms with Gasteiger partial charge in [-0.3, -0.25) is 4.79 Å². The molecular formula is C25H22F2N4O2. The van der Waals surface area contributed by atoms with Crippen molar-refractivity contribution in [1.29, 1.82) is 0 Å². The molecule has 3 atom stereocenters. The van der Waals surface area contributed by atoms with Gasteiger partial charge < -0.3 is 9.32 Å². The highest BCUT2D eigenvalue weighted by molar-refractivity contribution is 5.91. The fourth-order valence-corrected chi connectivity index (χ4v) is 6.22. The number of fused-ring (bicyclic) bond motifs is 5.